The highest BCUT2D eigenvalue weighted by molar-refractivity contribution is 7.89. The Morgan fingerprint density at radius 2 is 1.77 bits per heavy atom. The van der Waals surface area contributed by atoms with E-state index < -0.39 is 10.0 Å². The summed E-state index contributed by atoms with van der Waals surface area (Å²) in [6, 6.07) is 11.8. The first-order valence-electron chi connectivity index (χ1n) is 6.70. The van der Waals surface area contributed by atoms with Crippen LogP contribution in [0, 0.1) is 6.92 Å². The summed E-state index contributed by atoms with van der Waals surface area (Å²) < 4.78 is 31.7. The van der Waals surface area contributed by atoms with Crippen molar-refractivity contribution in [1.29, 1.82) is 0 Å². The van der Waals surface area contributed by atoms with Crippen LogP contribution in [0.25, 0.3) is 0 Å². The van der Waals surface area contributed by atoms with Gasteiger partial charge in [-0.1, -0.05) is 29.3 Å². The number of benzene rings is 2. The molecule has 0 fully saturated rings. The van der Waals surface area contributed by atoms with Gasteiger partial charge in [0, 0.05) is 24.2 Å². The van der Waals surface area contributed by atoms with Gasteiger partial charge in [-0.25, -0.2) is 8.42 Å². The summed E-state index contributed by atoms with van der Waals surface area (Å²) >= 11 is 5.80. The number of nitrogens with zero attached hydrogens (tertiary/aromatic N) is 1. The molecule has 118 valence electrons. The van der Waals surface area contributed by atoms with E-state index in [1.807, 2.05) is 25.1 Å². The van der Waals surface area contributed by atoms with Crippen LogP contribution in [-0.2, 0) is 16.6 Å². The molecule has 0 spiro atoms. The van der Waals surface area contributed by atoms with Crippen molar-refractivity contribution in [2.24, 2.45) is 0 Å². The number of ether oxygens (including phenoxy) is 1. The third-order valence-electron chi connectivity index (χ3n) is 3.35. The Morgan fingerprint density at radius 1 is 1.14 bits per heavy atom. The lowest BCUT2D eigenvalue weighted by Crippen LogP contribution is -2.26. The Labute approximate surface area is 136 Å². The van der Waals surface area contributed by atoms with E-state index in [0.717, 1.165) is 11.1 Å². The van der Waals surface area contributed by atoms with Crippen molar-refractivity contribution in [3.63, 3.8) is 0 Å². The Hall–Kier alpha value is -1.56. The van der Waals surface area contributed by atoms with E-state index in [2.05, 4.69) is 0 Å². The minimum absolute atomic E-state index is 0.214. The molecule has 2 aromatic rings. The molecule has 2 aromatic carbocycles. The van der Waals surface area contributed by atoms with Gasteiger partial charge in [0.25, 0.3) is 0 Å². The van der Waals surface area contributed by atoms with E-state index in [-0.39, 0.29) is 11.4 Å². The normalized spacial score (nSPS) is 11.7. The Kier molecular flexibility index (Phi) is 5.11. The van der Waals surface area contributed by atoms with E-state index in [0.29, 0.717) is 10.8 Å². The van der Waals surface area contributed by atoms with Crippen LogP contribution in [0.1, 0.15) is 11.1 Å². The van der Waals surface area contributed by atoms with Gasteiger partial charge < -0.3 is 4.74 Å². The smallest absolute Gasteiger partial charge is 0.243 e. The Balaban J connectivity index is 2.30. The first-order chi connectivity index (χ1) is 10.3. The van der Waals surface area contributed by atoms with E-state index in [4.69, 9.17) is 16.3 Å². The standard InChI is InChI=1S/C16H18ClNO3S/c1-12-4-9-16(21-3)13(10-12)11-18(2)22(19,20)15-7-5-14(17)6-8-15/h4-10H,11H2,1-3H3. The average molecular weight is 340 g/mol. The zero-order chi connectivity index (χ0) is 16.3. The molecule has 22 heavy (non-hydrogen) atoms. The highest BCUT2D eigenvalue weighted by Crippen LogP contribution is 2.24. The van der Waals surface area contributed by atoms with Crippen LogP contribution in [0.4, 0.5) is 0 Å². The molecular formula is C16H18ClNO3S. The van der Waals surface area contributed by atoms with Gasteiger partial charge in [-0.05, 0) is 37.3 Å². The maximum absolute atomic E-state index is 12.6. The quantitative estimate of drug-likeness (QED) is 0.837. The van der Waals surface area contributed by atoms with E-state index in [1.165, 1.54) is 16.4 Å². The predicted octanol–water partition coefficient (Wildman–Crippen LogP) is 3.48. The summed E-state index contributed by atoms with van der Waals surface area (Å²) in [6.45, 7) is 2.19. The number of methoxy groups -OCH3 is 1. The van der Waals surface area contributed by atoms with Gasteiger partial charge >= 0.3 is 0 Å². The minimum atomic E-state index is -3.57. The fourth-order valence-electron chi connectivity index (χ4n) is 2.14. The molecule has 0 aliphatic rings. The topological polar surface area (TPSA) is 46.6 Å². The van der Waals surface area contributed by atoms with Gasteiger partial charge in [0.2, 0.25) is 10.0 Å². The number of rotatable bonds is 5. The van der Waals surface area contributed by atoms with Gasteiger partial charge in [-0.2, -0.15) is 4.31 Å². The Morgan fingerprint density at radius 3 is 2.36 bits per heavy atom. The third kappa shape index (κ3) is 3.61. The highest BCUT2D eigenvalue weighted by atomic mass is 35.5. The number of hydrogen-bond donors (Lipinski definition) is 0. The van der Waals surface area contributed by atoms with Crippen LogP contribution in [0.15, 0.2) is 47.4 Å². The second-order valence-corrected chi connectivity index (χ2v) is 7.51. The van der Waals surface area contributed by atoms with Gasteiger partial charge in [0.05, 0.1) is 12.0 Å². The molecule has 0 atom stereocenters. The summed E-state index contributed by atoms with van der Waals surface area (Å²) in [5, 5.41) is 0.502. The molecule has 0 aliphatic heterocycles. The fourth-order valence-corrected chi connectivity index (χ4v) is 3.42. The fraction of sp³-hybridized carbons (Fsp3) is 0.250. The molecule has 6 heteroatoms. The zero-order valence-electron chi connectivity index (χ0n) is 12.7. The monoisotopic (exact) mass is 339 g/mol. The van der Waals surface area contributed by atoms with Crippen LogP contribution in [0.3, 0.4) is 0 Å². The molecule has 0 aliphatic carbocycles. The number of hydrogen-bond acceptors (Lipinski definition) is 3. The molecule has 0 amide bonds. The molecule has 0 saturated heterocycles. The lowest BCUT2D eigenvalue weighted by molar-refractivity contribution is 0.398. The maximum atomic E-state index is 12.6. The molecule has 0 saturated carbocycles. The van der Waals surface area contributed by atoms with Crippen molar-refractivity contribution in [1.82, 2.24) is 4.31 Å². The first-order valence-corrected chi connectivity index (χ1v) is 8.52. The third-order valence-corrected chi connectivity index (χ3v) is 5.42. The van der Waals surface area contributed by atoms with Crippen LogP contribution in [0.5, 0.6) is 5.75 Å². The lowest BCUT2D eigenvalue weighted by atomic mass is 10.1. The molecule has 0 aromatic heterocycles. The average Bonchev–Trinajstić information content (AvgIpc) is 2.48. The van der Waals surface area contributed by atoms with Crippen LogP contribution in [-0.4, -0.2) is 26.9 Å². The summed E-state index contributed by atoms with van der Waals surface area (Å²) in [4.78, 5) is 0.214. The second kappa shape index (κ2) is 6.69. The molecule has 0 bridgehead atoms. The molecule has 0 heterocycles. The second-order valence-electron chi connectivity index (χ2n) is 5.03. The molecule has 0 unspecified atom stereocenters. The lowest BCUT2D eigenvalue weighted by Gasteiger charge is -2.19. The van der Waals surface area contributed by atoms with Gasteiger partial charge in [0.1, 0.15) is 5.75 Å². The SMILES string of the molecule is COc1ccc(C)cc1CN(C)S(=O)(=O)c1ccc(Cl)cc1. The van der Waals surface area contributed by atoms with E-state index in [9.17, 15) is 8.42 Å². The Bertz CT molecular complexity index is 757. The summed E-state index contributed by atoms with van der Waals surface area (Å²) in [5.74, 6) is 0.670. The van der Waals surface area contributed by atoms with Crippen molar-refractivity contribution >= 4 is 21.6 Å². The largest absolute Gasteiger partial charge is 0.496 e. The van der Waals surface area contributed by atoms with Gasteiger partial charge in [0.15, 0.2) is 0 Å². The van der Waals surface area contributed by atoms with Crippen LogP contribution >= 0.6 is 11.6 Å². The predicted molar refractivity (Wildman–Crippen MR) is 87.8 cm³/mol. The van der Waals surface area contributed by atoms with E-state index >= 15 is 0 Å². The van der Waals surface area contributed by atoms with Crippen molar-refractivity contribution in [3.8, 4) is 5.75 Å². The van der Waals surface area contributed by atoms with Crippen molar-refractivity contribution in [3.05, 3.63) is 58.6 Å². The van der Waals surface area contributed by atoms with Crippen LogP contribution in [0.2, 0.25) is 5.02 Å². The number of halogens is 1. The maximum Gasteiger partial charge on any atom is 0.243 e. The summed E-state index contributed by atoms with van der Waals surface area (Å²) in [6.07, 6.45) is 0. The molecule has 0 radical (unpaired) electrons. The summed E-state index contributed by atoms with van der Waals surface area (Å²) in [7, 11) is -0.454. The number of aryl methyl sites for hydroxylation is 1. The van der Waals surface area contributed by atoms with Crippen molar-refractivity contribution in [2.75, 3.05) is 14.2 Å². The van der Waals surface area contributed by atoms with Crippen molar-refractivity contribution < 1.29 is 13.2 Å². The van der Waals surface area contributed by atoms with Crippen LogP contribution < -0.4 is 4.74 Å². The minimum Gasteiger partial charge on any atom is -0.496 e. The van der Waals surface area contributed by atoms with Gasteiger partial charge in [-0.15, -0.1) is 0 Å². The molecule has 4 nitrogen and oxygen atoms in total. The zero-order valence-corrected chi connectivity index (χ0v) is 14.3. The summed E-state index contributed by atoms with van der Waals surface area (Å²) in [5.41, 5.74) is 1.87. The van der Waals surface area contributed by atoms with E-state index in [1.54, 1.807) is 26.3 Å². The molecule has 0 N–H and O–H groups in total. The molecule has 2 rings (SSSR count). The first kappa shape index (κ1) is 16.8. The highest BCUT2D eigenvalue weighted by Gasteiger charge is 2.22. The van der Waals surface area contributed by atoms with Gasteiger partial charge in [-0.3, -0.25) is 0 Å². The molecular weight excluding hydrogens is 322 g/mol. The number of sulfonamides is 1. The van der Waals surface area contributed by atoms with Crippen molar-refractivity contribution in [2.45, 2.75) is 18.4 Å².